The van der Waals surface area contributed by atoms with Crippen LogP contribution in [0.4, 0.5) is 0 Å². The smallest absolute Gasteiger partial charge is 0.268 e. The van der Waals surface area contributed by atoms with Gasteiger partial charge in [-0.15, -0.1) is 11.3 Å². The molecule has 3 aromatic heterocycles. The maximum absolute atomic E-state index is 12.3. The number of nitrogens with one attached hydrogen (secondary N) is 1. The third-order valence-electron chi connectivity index (χ3n) is 3.26. The molecule has 0 aromatic carbocycles. The van der Waals surface area contributed by atoms with Crippen LogP contribution in [0.2, 0.25) is 0 Å². The number of pyridine rings is 1. The Kier molecular flexibility index (Phi) is 3.36. The van der Waals surface area contributed by atoms with E-state index >= 15 is 0 Å². The Bertz CT molecular complexity index is 875. The van der Waals surface area contributed by atoms with Crippen molar-refractivity contribution < 1.29 is 9.21 Å². The van der Waals surface area contributed by atoms with Gasteiger partial charge in [-0.25, -0.2) is 5.84 Å². The number of amides is 1. The molecule has 0 radical (unpaired) electrons. The molecule has 0 saturated heterocycles. The van der Waals surface area contributed by atoms with Crippen molar-refractivity contribution in [2.24, 2.45) is 5.84 Å². The van der Waals surface area contributed by atoms with Gasteiger partial charge in [0.05, 0.1) is 17.5 Å². The van der Waals surface area contributed by atoms with Gasteiger partial charge in [-0.1, -0.05) is 0 Å². The van der Waals surface area contributed by atoms with Crippen molar-refractivity contribution in [2.45, 2.75) is 13.5 Å². The molecule has 3 rings (SSSR count). The fourth-order valence-corrected chi connectivity index (χ4v) is 3.00. The zero-order chi connectivity index (χ0) is 15.0. The summed E-state index contributed by atoms with van der Waals surface area (Å²) in [7, 11) is 0. The monoisotopic (exact) mass is 303 g/mol. The van der Waals surface area contributed by atoms with Crippen LogP contribution in [0.5, 0.6) is 0 Å². The van der Waals surface area contributed by atoms with Gasteiger partial charge in [0.1, 0.15) is 11.5 Å². The number of furan rings is 1. The molecular weight excluding hydrogens is 290 g/mol. The van der Waals surface area contributed by atoms with E-state index in [0.717, 1.165) is 4.70 Å². The van der Waals surface area contributed by atoms with Gasteiger partial charge in [0.2, 0.25) is 0 Å². The molecule has 3 N–H and O–H groups in total. The number of thiophene rings is 1. The number of rotatable bonds is 3. The molecular formula is C14H13N3O3S. The SMILES string of the molecule is Cc1oc(Cn2ccc3sccc3c2=O)cc1C(=O)NN. The number of hydrogen-bond acceptors (Lipinski definition) is 5. The minimum Gasteiger partial charge on any atom is -0.464 e. The maximum Gasteiger partial charge on any atom is 0.268 e. The number of carbonyl (C=O) groups excluding carboxylic acids is 1. The van der Waals surface area contributed by atoms with Crippen molar-refractivity contribution in [3.63, 3.8) is 0 Å². The van der Waals surface area contributed by atoms with Crippen molar-refractivity contribution >= 4 is 27.3 Å². The predicted octanol–water partition coefficient (Wildman–Crippen LogP) is 1.62. The second-order valence-electron chi connectivity index (χ2n) is 4.60. The van der Waals surface area contributed by atoms with Crippen LogP contribution >= 0.6 is 11.3 Å². The molecule has 6 nitrogen and oxygen atoms in total. The first-order chi connectivity index (χ1) is 10.1. The molecule has 0 atom stereocenters. The van der Waals surface area contributed by atoms with Crippen LogP contribution in [0.25, 0.3) is 10.1 Å². The third-order valence-corrected chi connectivity index (χ3v) is 4.15. The van der Waals surface area contributed by atoms with E-state index in [4.69, 9.17) is 10.3 Å². The molecule has 3 aromatic rings. The number of hydrogen-bond donors (Lipinski definition) is 2. The summed E-state index contributed by atoms with van der Waals surface area (Å²) in [5.41, 5.74) is 2.36. The average Bonchev–Trinajstić information content (AvgIpc) is 3.08. The molecule has 1 amide bonds. The predicted molar refractivity (Wildman–Crippen MR) is 80.3 cm³/mol. The fourth-order valence-electron chi connectivity index (χ4n) is 2.22. The Morgan fingerprint density at radius 1 is 1.48 bits per heavy atom. The summed E-state index contributed by atoms with van der Waals surface area (Å²) in [6.07, 6.45) is 1.72. The quantitative estimate of drug-likeness (QED) is 0.437. The number of nitrogen functional groups attached to an aromatic ring is 1. The van der Waals surface area contributed by atoms with Crippen LogP contribution in [-0.4, -0.2) is 10.5 Å². The Balaban J connectivity index is 1.97. The van der Waals surface area contributed by atoms with E-state index in [1.54, 1.807) is 29.8 Å². The molecule has 0 aliphatic heterocycles. The first-order valence-electron chi connectivity index (χ1n) is 6.27. The van der Waals surface area contributed by atoms with E-state index in [0.29, 0.717) is 22.5 Å². The summed E-state index contributed by atoms with van der Waals surface area (Å²) in [4.78, 5) is 23.8. The normalized spacial score (nSPS) is 11.0. The molecule has 0 aliphatic carbocycles. The van der Waals surface area contributed by atoms with Gasteiger partial charge in [0, 0.05) is 10.9 Å². The number of aryl methyl sites for hydroxylation is 1. The molecule has 0 fully saturated rings. The zero-order valence-electron chi connectivity index (χ0n) is 11.3. The summed E-state index contributed by atoms with van der Waals surface area (Å²) >= 11 is 1.53. The van der Waals surface area contributed by atoms with Gasteiger partial charge < -0.3 is 8.98 Å². The maximum atomic E-state index is 12.3. The van der Waals surface area contributed by atoms with E-state index < -0.39 is 5.91 Å². The number of nitrogens with zero attached hydrogens (tertiary/aromatic N) is 1. The Morgan fingerprint density at radius 3 is 3.05 bits per heavy atom. The van der Waals surface area contributed by atoms with E-state index in [2.05, 4.69) is 5.43 Å². The fraction of sp³-hybridized carbons (Fsp3) is 0.143. The highest BCUT2D eigenvalue weighted by Crippen LogP contribution is 2.18. The summed E-state index contributed by atoms with van der Waals surface area (Å²) in [5.74, 6) is 5.70. The first kappa shape index (κ1) is 13.6. The Labute approximate surface area is 123 Å². The van der Waals surface area contributed by atoms with Gasteiger partial charge in [-0.2, -0.15) is 0 Å². The average molecular weight is 303 g/mol. The van der Waals surface area contributed by atoms with Crippen LogP contribution in [0.1, 0.15) is 21.9 Å². The van der Waals surface area contributed by atoms with Crippen LogP contribution in [0.15, 0.2) is 39.0 Å². The molecule has 0 saturated carbocycles. The first-order valence-corrected chi connectivity index (χ1v) is 7.15. The number of hydrazine groups is 1. The zero-order valence-corrected chi connectivity index (χ0v) is 12.1. The topological polar surface area (TPSA) is 90.3 Å². The van der Waals surface area contributed by atoms with Crippen molar-refractivity contribution in [1.82, 2.24) is 9.99 Å². The molecule has 0 spiro atoms. The lowest BCUT2D eigenvalue weighted by molar-refractivity contribution is 0.0952. The minimum absolute atomic E-state index is 0.0763. The summed E-state index contributed by atoms with van der Waals surface area (Å²) in [6.45, 7) is 1.95. The second kappa shape index (κ2) is 5.19. The highest BCUT2D eigenvalue weighted by atomic mass is 32.1. The lowest BCUT2D eigenvalue weighted by atomic mass is 10.2. The van der Waals surface area contributed by atoms with Crippen LogP contribution in [-0.2, 0) is 6.54 Å². The van der Waals surface area contributed by atoms with Crippen LogP contribution in [0, 0.1) is 6.92 Å². The van der Waals surface area contributed by atoms with Gasteiger partial charge in [-0.05, 0) is 30.5 Å². The Morgan fingerprint density at radius 2 is 2.29 bits per heavy atom. The van der Waals surface area contributed by atoms with Crippen molar-refractivity contribution in [3.05, 3.63) is 57.2 Å². The summed E-state index contributed by atoms with van der Waals surface area (Å²) in [5, 5.41) is 2.57. The lowest BCUT2D eigenvalue weighted by Gasteiger charge is -2.02. The second-order valence-corrected chi connectivity index (χ2v) is 5.55. The van der Waals surface area contributed by atoms with Gasteiger partial charge >= 0.3 is 0 Å². The van der Waals surface area contributed by atoms with Gasteiger partial charge in [-0.3, -0.25) is 15.0 Å². The van der Waals surface area contributed by atoms with Crippen LogP contribution in [0.3, 0.4) is 0 Å². The molecule has 0 bridgehead atoms. The lowest BCUT2D eigenvalue weighted by Crippen LogP contribution is -2.30. The number of carbonyl (C=O) groups is 1. The van der Waals surface area contributed by atoms with Crippen molar-refractivity contribution in [2.75, 3.05) is 0 Å². The number of fused-ring (bicyclic) bond motifs is 1. The van der Waals surface area contributed by atoms with Crippen molar-refractivity contribution in [1.29, 1.82) is 0 Å². The van der Waals surface area contributed by atoms with E-state index in [1.807, 2.05) is 11.4 Å². The molecule has 21 heavy (non-hydrogen) atoms. The van der Waals surface area contributed by atoms with Gasteiger partial charge in [0.25, 0.3) is 11.5 Å². The Hall–Kier alpha value is -2.38. The van der Waals surface area contributed by atoms with Gasteiger partial charge in [0.15, 0.2) is 0 Å². The highest BCUT2D eigenvalue weighted by Gasteiger charge is 2.14. The molecule has 7 heteroatoms. The number of nitrogens with two attached hydrogens (primary N) is 1. The highest BCUT2D eigenvalue weighted by molar-refractivity contribution is 7.17. The molecule has 3 heterocycles. The van der Waals surface area contributed by atoms with Crippen molar-refractivity contribution in [3.8, 4) is 0 Å². The minimum atomic E-state index is -0.414. The number of aromatic nitrogens is 1. The van der Waals surface area contributed by atoms with E-state index in [-0.39, 0.29) is 12.1 Å². The van der Waals surface area contributed by atoms with Crippen LogP contribution < -0.4 is 16.8 Å². The third kappa shape index (κ3) is 2.37. The molecule has 0 aliphatic rings. The molecule has 0 unspecified atom stereocenters. The molecule has 108 valence electrons. The standard InChI is InChI=1S/C14H13N3O3S/c1-8-11(13(18)16-15)6-9(20-8)7-17-4-2-12-10(14(17)19)3-5-21-12/h2-6H,7,15H2,1H3,(H,16,18). The van der Waals surface area contributed by atoms with E-state index in [9.17, 15) is 9.59 Å². The van der Waals surface area contributed by atoms with E-state index in [1.165, 1.54) is 11.3 Å². The largest absolute Gasteiger partial charge is 0.464 e. The summed E-state index contributed by atoms with van der Waals surface area (Å²) in [6, 6.07) is 5.30. The summed E-state index contributed by atoms with van der Waals surface area (Å²) < 4.78 is 8.02.